The molecular formula is C24H24FN5O3S2. The van der Waals surface area contributed by atoms with Crippen LogP contribution in [0.3, 0.4) is 0 Å². The van der Waals surface area contributed by atoms with Crippen molar-refractivity contribution >= 4 is 44.2 Å². The standard InChI is InChI=1S/C24H24FN5O3S2/c1-14-10-16(3)23(19-7-5-4-6-18(14)19)30-21(12-25)28-29-24(30)34-13-22(31)27-20-9-8-17(11-15(20)2)35(26,32)33/h4-11H,12-13H2,1-3H3,(H,27,31)(H2,26,32,33). The zero-order valence-corrected chi connectivity index (χ0v) is 21.0. The van der Waals surface area contributed by atoms with E-state index in [-0.39, 0.29) is 22.4 Å². The fourth-order valence-electron chi connectivity index (χ4n) is 3.99. The third kappa shape index (κ3) is 5.07. The number of primary sulfonamides is 1. The zero-order valence-electron chi connectivity index (χ0n) is 19.4. The van der Waals surface area contributed by atoms with Crippen LogP contribution in [0.4, 0.5) is 10.1 Å². The lowest BCUT2D eigenvalue weighted by Gasteiger charge is -2.16. The summed E-state index contributed by atoms with van der Waals surface area (Å²) in [5.41, 5.74) is 3.84. The van der Waals surface area contributed by atoms with E-state index in [0.29, 0.717) is 16.4 Å². The normalized spacial score (nSPS) is 11.7. The maximum Gasteiger partial charge on any atom is 0.238 e. The van der Waals surface area contributed by atoms with Crippen LogP contribution >= 0.6 is 11.8 Å². The van der Waals surface area contributed by atoms with Crippen molar-refractivity contribution in [3.63, 3.8) is 0 Å². The van der Waals surface area contributed by atoms with Gasteiger partial charge in [-0.15, -0.1) is 10.2 Å². The number of nitrogens with one attached hydrogen (secondary N) is 1. The third-order valence-electron chi connectivity index (χ3n) is 5.59. The van der Waals surface area contributed by atoms with E-state index in [4.69, 9.17) is 5.14 Å². The molecule has 3 N–H and O–H groups in total. The first-order valence-corrected chi connectivity index (χ1v) is 13.2. The number of sulfonamides is 1. The van der Waals surface area contributed by atoms with Crippen LogP contribution < -0.4 is 10.5 Å². The molecule has 11 heteroatoms. The topological polar surface area (TPSA) is 120 Å². The Labute approximate surface area is 206 Å². The van der Waals surface area contributed by atoms with Gasteiger partial charge >= 0.3 is 0 Å². The van der Waals surface area contributed by atoms with Crippen LogP contribution in [-0.2, 0) is 21.5 Å². The number of alkyl halides is 1. The van der Waals surface area contributed by atoms with Gasteiger partial charge in [0.15, 0.2) is 11.0 Å². The fraction of sp³-hybridized carbons (Fsp3) is 0.208. The van der Waals surface area contributed by atoms with Crippen molar-refractivity contribution in [3.8, 4) is 5.69 Å². The number of carbonyl (C=O) groups is 1. The van der Waals surface area contributed by atoms with Gasteiger partial charge in [-0.2, -0.15) is 0 Å². The minimum atomic E-state index is -3.84. The van der Waals surface area contributed by atoms with Crippen molar-refractivity contribution in [2.24, 2.45) is 5.14 Å². The molecule has 0 atom stereocenters. The van der Waals surface area contributed by atoms with Crippen molar-refractivity contribution in [3.05, 3.63) is 71.0 Å². The van der Waals surface area contributed by atoms with E-state index in [2.05, 4.69) is 15.5 Å². The number of hydrogen-bond donors (Lipinski definition) is 2. The van der Waals surface area contributed by atoms with Crippen LogP contribution in [-0.4, -0.2) is 34.8 Å². The number of halogens is 1. The minimum Gasteiger partial charge on any atom is -0.325 e. The second-order valence-electron chi connectivity index (χ2n) is 8.13. The summed E-state index contributed by atoms with van der Waals surface area (Å²) in [5.74, 6) is -0.188. The average Bonchev–Trinajstić information content (AvgIpc) is 3.21. The van der Waals surface area contributed by atoms with Crippen molar-refractivity contribution in [1.29, 1.82) is 0 Å². The molecule has 0 bridgehead atoms. The molecule has 4 aromatic rings. The lowest BCUT2D eigenvalue weighted by molar-refractivity contribution is -0.113. The number of nitrogens with two attached hydrogens (primary N) is 1. The lowest BCUT2D eigenvalue weighted by atomic mass is 9.99. The van der Waals surface area contributed by atoms with Crippen LogP contribution in [0.5, 0.6) is 0 Å². The Morgan fingerprint density at radius 3 is 2.40 bits per heavy atom. The van der Waals surface area contributed by atoms with Gasteiger partial charge < -0.3 is 5.32 Å². The number of benzene rings is 3. The average molecular weight is 514 g/mol. The largest absolute Gasteiger partial charge is 0.325 e. The monoisotopic (exact) mass is 513 g/mol. The Balaban J connectivity index is 1.61. The van der Waals surface area contributed by atoms with Gasteiger partial charge in [0.25, 0.3) is 0 Å². The number of fused-ring (bicyclic) bond motifs is 1. The fourth-order valence-corrected chi connectivity index (χ4v) is 5.34. The molecule has 0 aliphatic carbocycles. The van der Waals surface area contributed by atoms with Gasteiger partial charge in [0.05, 0.1) is 16.3 Å². The highest BCUT2D eigenvalue weighted by Crippen LogP contribution is 2.33. The Hall–Kier alpha value is -3.28. The molecule has 35 heavy (non-hydrogen) atoms. The van der Waals surface area contributed by atoms with Gasteiger partial charge in [-0.3, -0.25) is 9.36 Å². The highest BCUT2D eigenvalue weighted by atomic mass is 32.2. The molecule has 8 nitrogen and oxygen atoms in total. The number of aromatic nitrogens is 3. The first-order chi connectivity index (χ1) is 16.6. The molecule has 1 heterocycles. The summed E-state index contributed by atoms with van der Waals surface area (Å²) in [6, 6.07) is 14.1. The van der Waals surface area contributed by atoms with Crippen molar-refractivity contribution in [2.45, 2.75) is 37.5 Å². The SMILES string of the molecule is Cc1cc(S(N)(=O)=O)ccc1NC(=O)CSc1nnc(CF)n1-c1c(C)cc(C)c2ccccc12. The summed E-state index contributed by atoms with van der Waals surface area (Å²) in [5, 5.41) is 18.4. The number of amides is 1. The predicted octanol–water partition coefficient (Wildman–Crippen LogP) is 4.19. The Morgan fingerprint density at radius 2 is 1.74 bits per heavy atom. The lowest BCUT2D eigenvalue weighted by Crippen LogP contribution is -2.16. The second-order valence-corrected chi connectivity index (χ2v) is 10.6. The Bertz CT molecular complexity index is 1550. The maximum atomic E-state index is 13.9. The quantitative estimate of drug-likeness (QED) is 0.358. The number of aryl methyl sites for hydroxylation is 3. The van der Waals surface area contributed by atoms with Crippen LogP contribution in [0.2, 0.25) is 0 Å². The molecule has 0 unspecified atom stereocenters. The molecule has 3 aromatic carbocycles. The molecule has 0 spiro atoms. The van der Waals surface area contributed by atoms with E-state index in [1.54, 1.807) is 11.5 Å². The third-order valence-corrected chi connectivity index (χ3v) is 7.43. The van der Waals surface area contributed by atoms with Gasteiger partial charge in [0.2, 0.25) is 15.9 Å². The number of hydrogen-bond acceptors (Lipinski definition) is 6. The Morgan fingerprint density at radius 1 is 1.03 bits per heavy atom. The molecule has 0 aliphatic rings. The van der Waals surface area contributed by atoms with Gasteiger partial charge in [-0.25, -0.2) is 17.9 Å². The smallest absolute Gasteiger partial charge is 0.238 e. The molecule has 1 amide bonds. The molecular weight excluding hydrogens is 489 g/mol. The molecule has 4 rings (SSSR count). The summed E-state index contributed by atoms with van der Waals surface area (Å²) in [6.07, 6.45) is 0. The van der Waals surface area contributed by atoms with Crippen molar-refractivity contribution < 1.29 is 17.6 Å². The molecule has 0 fully saturated rings. The first kappa shape index (κ1) is 24.8. The Kier molecular flexibility index (Phi) is 6.93. The molecule has 0 radical (unpaired) electrons. The highest BCUT2D eigenvalue weighted by molar-refractivity contribution is 7.99. The molecule has 0 aliphatic heterocycles. The van der Waals surface area contributed by atoms with Gasteiger partial charge in [-0.05, 0) is 61.0 Å². The van der Waals surface area contributed by atoms with E-state index >= 15 is 0 Å². The number of rotatable bonds is 7. The van der Waals surface area contributed by atoms with E-state index in [1.165, 1.54) is 18.2 Å². The summed E-state index contributed by atoms with van der Waals surface area (Å²) < 4.78 is 38.6. The summed E-state index contributed by atoms with van der Waals surface area (Å²) in [4.78, 5) is 12.6. The highest BCUT2D eigenvalue weighted by Gasteiger charge is 2.20. The maximum absolute atomic E-state index is 13.9. The van der Waals surface area contributed by atoms with Crippen LogP contribution in [0, 0.1) is 20.8 Å². The number of thioether (sulfide) groups is 1. The van der Waals surface area contributed by atoms with E-state index in [9.17, 15) is 17.6 Å². The van der Waals surface area contributed by atoms with Gasteiger partial charge in [-0.1, -0.05) is 42.1 Å². The first-order valence-electron chi connectivity index (χ1n) is 10.7. The zero-order chi connectivity index (χ0) is 25.3. The number of carbonyl (C=O) groups excluding carboxylic acids is 1. The van der Waals surface area contributed by atoms with Crippen molar-refractivity contribution in [1.82, 2.24) is 14.8 Å². The molecule has 182 valence electrons. The molecule has 0 saturated heterocycles. The van der Waals surface area contributed by atoms with E-state index in [1.807, 2.05) is 44.2 Å². The van der Waals surface area contributed by atoms with Gasteiger partial charge in [0.1, 0.15) is 6.67 Å². The molecule has 0 saturated carbocycles. The van der Waals surface area contributed by atoms with E-state index < -0.39 is 16.7 Å². The van der Waals surface area contributed by atoms with Gasteiger partial charge in [0, 0.05) is 11.1 Å². The summed E-state index contributed by atoms with van der Waals surface area (Å²) in [7, 11) is -3.84. The minimum absolute atomic E-state index is 0.0103. The van der Waals surface area contributed by atoms with E-state index in [0.717, 1.165) is 39.3 Å². The van der Waals surface area contributed by atoms with Crippen LogP contribution in [0.1, 0.15) is 22.5 Å². The van der Waals surface area contributed by atoms with Crippen LogP contribution in [0.25, 0.3) is 16.5 Å². The summed E-state index contributed by atoms with van der Waals surface area (Å²) >= 11 is 1.13. The number of anilines is 1. The number of nitrogens with zero attached hydrogens (tertiary/aromatic N) is 3. The predicted molar refractivity (Wildman–Crippen MR) is 135 cm³/mol. The van der Waals surface area contributed by atoms with Crippen molar-refractivity contribution in [2.75, 3.05) is 11.1 Å². The summed E-state index contributed by atoms with van der Waals surface area (Å²) in [6.45, 7) is 4.84. The van der Waals surface area contributed by atoms with Crippen LogP contribution in [0.15, 0.2) is 58.6 Å². The molecule has 1 aromatic heterocycles. The second kappa shape index (κ2) is 9.76.